The van der Waals surface area contributed by atoms with Crippen LogP contribution in [0, 0.1) is 0 Å². The first-order valence-electron chi connectivity index (χ1n) is 9.39. The van der Waals surface area contributed by atoms with Gasteiger partial charge in [0.1, 0.15) is 5.75 Å². The summed E-state index contributed by atoms with van der Waals surface area (Å²) in [5, 5.41) is 8.91. The largest absolute Gasteiger partial charge is 0.511 e. The predicted molar refractivity (Wildman–Crippen MR) is 113 cm³/mol. The summed E-state index contributed by atoms with van der Waals surface area (Å²) in [6.07, 6.45) is -1.32. The summed E-state index contributed by atoms with van der Waals surface area (Å²) in [4.78, 5) is 10.9. The van der Waals surface area contributed by atoms with E-state index in [1.165, 1.54) is 0 Å². The Morgan fingerprint density at radius 1 is 0.552 bits per heavy atom. The molecule has 29 heavy (non-hydrogen) atoms. The van der Waals surface area contributed by atoms with Crippen molar-refractivity contribution in [1.82, 2.24) is 0 Å². The Labute approximate surface area is 169 Å². The number of rotatable bonds is 5. The lowest BCUT2D eigenvalue weighted by Crippen LogP contribution is -2.30. The summed E-state index contributed by atoms with van der Waals surface area (Å²) < 4.78 is 4.82. The Balaban J connectivity index is 2.02. The zero-order valence-corrected chi connectivity index (χ0v) is 15.7. The molecule has 0 saturated carbocycles. The van der Waals surface area contributed by atoms with Gasteiger partial charge in [-0.1, -0.05) is 103 Å². The lowest BCUT2D eigenvalue weighted by molar-refractivity contribution is 0.144. The zero-order valence-electron chi connectivity index (χ0n) is 15.7. The lowest BCUT2D eigenvalue weighted by atomic mass is 9.65. The second-order valence-electron chi connectivity index (χ2n) is 6.74. The number of ether oxygens (including phenoxy) is 1. The molecule has 4 rings (SSSR count). The third-order valence-electron chi connectivity index (χ3n) is 5.11. The summed E-state index contributed by atoms with van der Waals surface area (Å²) >= 11 is 0. The van der Waals surface area contributed by atoms with Crippen LogP contribution in [0.2, 0.25) is 0 Å². The van der Waals surface area contributed by atoms with Crippen LogP contribution in [0.4, 0.5) is 4.79 Å². The molecule has 3 heteroatoms. The molecule has 0 bridgehead atoms. The van der Waals surface area contributed by atoms with Crippen molar-refractivity contribution >= 4 is 6.16 Å². The maximum Gasteiger partial charge on any atom is 0.511 e. The molecule has 4 aromatic rings. The highest BCUT2D eigenvalue weighted by molar-refractivity contribution is 5.63. The highest BCUT2D eigenvalue weighted by atomic mass is 16.7. The van der Waals surface area contributed by atoms with Gasteiger partial charge in [-0.25, -0.2) is 4.79 Å². The van der Waals surface area contributed by atoms with Crippen LogP contribution in [-0.4, -0.2) is 11.3 Å². The van der Waals surface area contributed by atoms with Gasteiger partial charge in [-0.3, -0.25) is 0 Å². The standard InChI is InChI=1S/C26H20O3/c27-25(28)29-24-18-16-23(17-19-24)26(20-10-4-1-5-11-20,21-12-6-2-7-13-21)22-14-8-3-9-15-22/h1-19H,(H,27,28). The minimum Gasteiger partial charge on any atom is -0.449 e. The third-order valence-corrected chi connectivity index (χ3v) is 5.11. The van der Waals surface area contributed by atoms with Crippen LogP contribution in [0.5, 0.6) is 5.75 Å². The maximum atomic E-state index is 10.9. The molecule has 0 aromatic heterocycles. The van der Waals surface area contributed by atoms with Crippen LogP contribution < -0.4 is 4.74 Å². The van der Waals surface area contributed by atoms with Crippen molar-refractivity contribution in [1.29, 1.82) is 0 Å². The molecule has 0 heterocycles. The molecule has 0 atom stereocenters. The molecule has 0 saturated heterocycles. The van der Waals surface area contributed by atoms with Crippen LogP contribution >= 0.6 is 0 Å². The summed E-state index contributed by atoms with van der Waals surface area (Å²) in [5.41, 5.74) is 3.86. The van der Waals surface area contributed by atoms with Crippen molar-refractivity contribution in [3.63, 3.8) is 0 Å². The topological polar surface area (TPSA) is 46.5 Å². The van der Waals surface area contributed by atoms with Crippen LogP contribution in [0.15, 0.2) is 115 Å². The summed E-state index contributed by atoms with van der Waals surface area (Å²) in [5.74, 6) is 0.296. The van der Waals surface area contributed by atoms with Crippen molar-refractivity contribution in [2.45, 2.75) is 5.41 Å². The Morgan fingerprint density at radius 2 is 0.897 bits per heavy atom. The summed E-state index contributed by atoms with van der Waals surface area (Å²) in [7, 11) is 0. The van der Waals surface area contributed by atoms with Crippen LogP contribution in [0.25, 0.3) is 0 Å². The smallest absolute Gasteiger partial charge is 0.449 e. The van der Waals surface area contributed by atoms with Crippen molar-refractivity contribution in [2.24, 2.45) is 0 Å². The first-order valence-corrected chi connectivity index (χ1v) is 9.39. The number of carbonyl (C=O) groups is 1. The average Bonchev–Trinajstić information content (AvgIpc) is 2.77. The molecule has 0 fully saturated rings. The molecular formula is C26H20O3. The molecular weight excluding hydrogens is 360 g/mol. The van der Waals surface area contributed by atoms with Gasteiger partial charge >= 0.3 is 6.16 Å². The molecule has 0 aliphatic heterocycles. The first-order chi connectivity index (χ1) is 14.2. The van der Waals surface area contributed by atoms with Gasteiger partial charge < -0.3 is 9.84 Å². The normalized spacial score (nSPS) is 11.0. The Bertz CT molecular complexity index is 976. The highest BCUT2D eigenvalue weighted by Crippen LogP contribution is 2.45. The van der Waals surface area contributed by atoms with E-state index >= 15 is 0 Å². The van der Waals surface area contributed by atoms with E-state index < -0.39 is 11.6 Å². The Kier molecular flexibility index (Phi) is 5.12. The first kappa shape index (κ1) is 18.5. The van der Waals surface area contributed by atoms with E-state index in [2.05, 4.69) is 36.4 Å². The average molecular weight is 380 g/mol. The number of hydrogen-bond donors (Lipinski definition) is 1. The van der Waals surface area contributed by atoms with E-state index in [1.807, 2.05) is 66.7 Å². The number of benzene rings is 4. The van der Waals surface area contributed by atoms with Gasteiger partial charge in [-0.15, -0.1) is 0 Å². The molecule has 1 N–H and O–H groups in total. The summed E-state index contributed by atoms with van der Waals surface area (Å²) in [6, 6.07) is 38.3. The van der Waals surface area contributed by atoms with E-state index in [-0.39, 0.29) is 0 Å². The Hall–Kier alpha value is -3.85. The second kappa shape index (κ2) is 8.03. The minimum absolute atomic E-state index is 0.296. The fourth-order valence-corrected chi connectivity index (χ4v) is 3.94. The van der Waals surface area contributed by atoms with Gasteiger partial charge in [0.25, 0.3) is 0 Å². The van der Waals surface area contributed by atoms with E-state index in [0.29, 0.717) is 5.75 Å². The van der Waals surface area contributed by atoms with Gasteiger partial charge in [0.2, 0.25) is 0 Å². The van der Waals surface area contributed by atoms with Gasteiger partial charge in [0.05, 0.1) is 5.41 Å². The number of hydrogen-bond acceptors (Lipinski definition) is 2. The third kappa shape index (κ3) is 3.50. The Morgan fingerprint density at radius 3 is 1.24 bits per heavy atom. The molecule has 0 aliphatic carbocycles. The molecule has 0 radical (unpaired) electrons. The molecule has 0 aliphatic rings. The fourth-order valence-electron chi connectivity index (χ4n) is 3.94. The molecule has 3 nitrogen and oxygen atoms in total. The van der Waals surface area contributed by atoms with E-state index in [0.717, 1.165) is 22.3 Å². The van der Waals surface area contributed by atoms with Crippen LogP contribution in [0.1, 0.15) is 22.3 Å². The van der Waals surface area contributed by atoms with E-state index in [1.54, 1.807) is 12.1 Å². The SMILES string of the molecule is O=C(O)Oc1ccc(C(c2ccccc2)(c2ccccc2)c2ccccc2)cc1. The monoisotopic (exact) mass is 380 g/mol. The maximum absolute atomic E-state index is 10.9. The lowest BCUT2D eigenvalue weighted by Gasteiger charge is -2.36. The van der Waals surface area contributed by atoms with Gasteiger partial charge in [-0.05, 0) is 34.4 Å². The molecule has 0 unspecified atom stereocenters. The molecule has 4 aromatic carbocycles. The molecule has 142 valence electrons. The van der Waals surface area contributed by atoms with Crippen molar-refractivity contribution < 1.29 is 14.6 Å². The molecule has 0 amide bonds. The number of carboxylic acid groups (broad SMARTS) is 1. The van der Waals surface area contributed by atoms with Crippen LogP contribution in [-0.2, 0) is 5.41 Å². The highest BCUT2D eigenvalue weighted by Gasteiger charge is 2.38. The zero-order chi connectivity index (χ0) is 20.1. The van der Waals surface area contributed by atoms with Gasteiger partial charge in [0, 0.05) is 0 Å². The van der Waals surface area contributed by atoms with Crippen molar-refractivity contribution in [3.8, 4) is 5.75 Å². The summed E-state index contributed by atoms with van der Waals surface area (Å²) in [6.45, 7) is 0. The molecule has 0 spiro atoms. The fraction of sp³-hybridized carbons (Fsp3) is 0.0385. The minimum atomic E-state index is -1.32. The second-order valence-corrected chi connectivity index (χ2v) is 6.74. The predicted octanol–water partition coefficient (Wildman–Crippen LogP) is 6.13. The van der Waals surface area contributed by atoms with Crippen LogP contribution in [0.3, 0.4) is 0 Å². The van der Waals surface area contributed by atoms with Gasteiger partial charge in [0.15, 0.2) is 0 Å². The van der Waals surface area contributed by atoms with Crippen molar-refractivity contribution in [3.05, 3.63) is 138 Å². The van der Waals surface area contributed by atoms with E-state index in [9.17, 15) is 4.79 Å². The quantitative estimate of drug-likeness (QED) is 0.257. The van der Waals surface area contributed by atoms with E-state index in [4.69, 9.17) is 9.84 Å². The van der Waals surface area contributed by atoms with Crippen molar-refractivity contribution in [2.75, 3.05) is 0 Å². The van der Waals surface area contributed by atoms with Gasteiger partial charge in [-0.2, -0.15) is 0 Å².